The van der Waals surface area contributed by atoms with Gasteiger partial charge in [-0.05, 0) is 32.2 Å². The summed E-state index contributed by atoms with van der Waals surface area (Å²) in [6.45, 7) is 7.62. The number of nitrogens with zero attached hydrogens (tertiary/aromatic N) is 1. The first-order valence-corrected chi connectivity index (χ1v) is 6.93. The van der Waals surface area contributed by atoms with Gasteiger partial charge in [-0.25, -0.2) is 0 Å². The van der Waals surface area contributed by atoms with Crippen molar-refractivity contribution in [3.63, 3.8) is 0 Å². The first kappa shape index (κ1) is 14.5. The number of hydrogen-bond donors (Lipinski definition) is 2. The molecule has 3 N–H and O–H groups in total. The lowest BCUT2D eigenvalue weighted by Crippen LogP contribution is -2.45. The van der Waals surface area contributed by atoms with Crippen molar-refractivity contribution in [1.29, 1.82) is 0 Å². The van der Waals surface area contributed by atoms with Gasteiger partial charge in [0.1, 0.15) is 0 Å². The Kier molecular flexibility index (Phi) is 6.52. The molecule has 0 aromatic rings. The average Bonchev–Trinajstić information content (AvgIpc) is 2.31. The minimum atomic E-state index is 0.00943. The van der Waals surface area contributed by atoms with E-state index in [0.717, 1.165) is 32.4 Å². The summed E-state index contributed by atoms with van der Waals surface area (Å²) in [5.74, 6) is 0.119. The van der Waals surface area contributed by atoms with E-state index in [-0.39, 0.29) is 11.9 Å². The Bertz CT molecular complexity index is 225. The van der Waals surface area contributed by atoms with Crippen LogP contribution >= 0.6 is 0 Å². The maximum Gasteiger partial charge on any atom is 0.221 e. The summed E-state index contributed by atoms with van der Waals surface area (Å²) in [6, 6.07) is 0.370. The first-order chi connectivity index (χ1) is 8.15. The predicted molar refractivity (Wildman–Crippen MR) is 70.8 cm³/mol. The van der Waals surface area contributed by atoms with Gasteiger partial charge in [0.05, 0.1) is 0 Å². The third kappa shape index (κ3) is 5.50. The minimum absolute atomic E-state index is 0.00943. The molecule has 4 nitrogen and oxygen atoms in total. The molecule has 1 fully saturated rings. The molecule has 1 amide bonds. The van der Waals surface area contributed by atoms with Gasteiger partial charge in [-0.15, -0.1) is 0 Å². The Morgan fingerprint density at radius 1 is 1.41 bits per heavy atom. The van der Waals surface area contributed by atoms with Gasteiger partial charge in [0.2, 0.25) is 5.91 Å². The van der Waals surface area contributed by atoms with Gasteiger partial charge in [-0.3, -0.25) is 4.79 Å². The summed E-state index contributed by atoms with van der Waals surface area (Å²) in [5, 5.41) is 3.10. The van der Waals surface area contributed by atoms with Crippen LogP contribution in [0.4, 0.5) is 0 Å². The molecule has 100 valence electrons. The van der Waals surface area contributed by atoms with Gasteiger partial charge in [0, 0.05) is 31.6 Å². The Hall–Kier alpha value is -0.610. The molecule has 0 aromatic carbocycles. The number of piperidine rings is 1. The monoisotopic (exact) mass is 241 g/mol. The highest BCUT2D eigenvalue weighted by Gasteiger charge is 2.20. The Balaban J connectivity index is 2.19. The predicted octanol–water partition coefficient (Wildman–Crippen LogP) is 1.10. The van der Waals surface area contributed by atoms with Crippen molar-refractivity contribution >= 4 is 5.91 Å². The molecule has 1 aliphatic heterocycles. The van der Waals surface area contributed by atoms with Crippen LogP contribution < -0.4 is 11.1 Å². The van der Waals surface area contributed by atoms with Gasteiger partial charge in [0.15, 0.2) is 0 Å². The Labute approximate surface area is 105 Å². The van der Waals surface area contributed by atoms with Crippen LogP contribution in [-0.4, -0.2) is 42.5 Å². The molecule has 17 heavy (non-hydrogen) atoms. The summed E-state index contributed by atoms with van der Waals surface area (Å²) < 4.78 is 0. The van der Waals surface area contributed by atoms with E-state index in [4.69, 9.17) is 5.73 Å². The van der Waals surface area contributed by atoms with Gasteiger partial charge in [0.25, 0.3) is 0 Å². The zero-order valence-electron chi connectivity index (χ0n) is 11.2. The second kappa shape index (κ2) is 7.67. The van der Waals surface area contributed by atoms with Crippen LogP contribution in [0.25, 0.3) is 0 Å². The highest BCUT2D eigenvalue weighted by atomic mass is 16.1. The fourth-order valence-electron chi connectivity index (χ4n) is 2.29. The van der Waals surface area contributed by atoms with E-state index in [1.807, 2.05) is 6.92 Å². The summed E-state index contributed by atoms with van der Waals surface area (Å²) in [5.41, 5.74) is 5.77. The van der Waals surface area contributed by atoms with Crippen LogP contribution in [0, 0.1) is 0 Å². The summed E-state index contributed by atoms with van der Waals surface area (Å²) in [4.78, 5) is 14.2. The first-order valence-electron chi connectivity index (χ1n) is 6.93. The number of nitrogens with two attached hydrogens (primary N) is 1. The maximum atomic E-state index is 11.7. The zero-order valence-corrected chi connectivity index (χ0v) is 11.2. The van der Waals surface area contributed by atoms with Crippen molar-refractivity contribution in [2.45, 2.75) is 58.0 Å². The lowest BCUT2D eigenvalue weighted by molar-refractivity contribution is -0.122. The number of amides is 1. The van der Waals surface area contributed by atoms with Crippen molar-refractivity contribution in [2.75, 3.05) is 19.6 Å². The van der Waals surface area contributed by atoms with Gasteiger partial charge in [-0.1, -0.05) is 13.8 Å². The van der Waals surface area contributed by atoms with Crippen LogP contribution in [0.3, 0.4) is 0 Å². The van der Waals surface area contributed by atoms with Crippen molar-refractivity contribution in [3.05, 3.63) is 0 Å². The number of carbonyl (C=O) groups excluding carboxylic acids is 1. The van der Waals surface area contributed by atoms with Crippen LogP contribution in [0.5, 0.6) is 0 Å². The molecule has 0 aliphatic carbocycles. The van der Waals surface area contributed by atoms with Crippen LogP contribution in [-0.2, 0) is 4.79 Å². The van der Waals surface area contributed by atoms with Gasteiger partial charge in [-0.2, -0.15) is 0 Å². The van der Waals surface area contributed by atoms with Crippen LogP contribution in [0.2, 0.25) is 0 Å². The van der Waals surface area contributed by atoms with Crippen molar-refractivity contribution in [1.82, 2.24) is 10.2 Å². The Morgan fingerprint density at radius 2 is 2.06 bits per heavy atom. The molecule has 0 spiro atoms. The standard InChI is InChI=1S/C13H27N3O/c1-3-7-16-8-5-12(6-9-16)15-13(17)10-11(14)4-2/h11-12H,3-10,14H2,1-2H3,(H,15,17). The van der Waals surface area contributed by atoms with Crippen LogP contribution in [0.15, 0.2) is 0 Å². The number of carbonyl (C=O) groups is 1. The molecule has 1 rings (SSSR count). The quantitative estimate of drug-likeness (QED) is 0.732. The number of rotatable bonds is 6. The van der Waals surface area contributed by atoms with Gasteiger partial charge >= 0.3 is 0 Å². The van der Waals surface area contributed by atoms with E-state index in [1.54, 1.807) is 0 Å². The molecule has 0 aromatic heterocycles. The topological polar surface area (TPSA) is 58.4 Å². The molecule has 1 aliphatic rings. The summed E-state index contributed by atoms with van der Waals surface area (Å²) in [7, 11) is 0. The molecule has 1 unspecified atom stereocenters. The van der Waals surface area contributed by atoms with Crippen molar-refractivity contribution in [3.8, 4) is 0 Å². The lowest BCUT2D eigenvalue weighted by Gasteiger charge is -2.32. The molecule has 0 saturated carbocycles. The fraction of sp³-hybridized carbons (Fsp3) is 0.923. The van der Waals surface area contributed by atoms with E-state index in [9.17, 15) is 4.79 Å². The summed E-state index contributed by atoms with van der Waals surface area (Å²) >= 11 is 0. The largest absolute Gasteiger partial charge is 0.353 e. The zero-order chi connectivity index (χ0) is 12.7. The third-order valence-corrected chi connectivity index (χ3v) is 3.46. The minimum Gasteiger partial charge on any atom is -0.353 e. The second-order valence-electron chi connectivity index (χ2n) is 5.06. The van der Waals surface area contributed by atoms with Crippen molar-refractivity contribution < 1.29 is 4.79 Å². The molecular formula is C13H27N3O. The number of likely N-dealkylation sites (tertiary alicyclic amines) is 1. The van der Waals surface area contributed by atoms with E-state index >= 15 is 0 Å². The SMILES string of the molecule is CCCN1CCC(NC(=O)CC(N)CC)CC1. The molecule has 0 bridgehead atoms. The highest BCUT2D eigenvalue weighted by Crippen LogP contribution is 2.10. The summed E-state index contributed by atoms with van der Waals surface area (Å²) in [6.07, 6.45) is 4.69. The number of hydrogen-bond acceptors (Lipinski definition) is 3. The van der Waals surface area contributed by atoms with E-state index in [2.05, 4.69) is 17.1 Å². The molecule has 1 heterocycles. The lowest BCUT2D eigenvalue weighted by atomic mass is 10.0. The van der Waals surface area contributed by atoms with E-state index in [0.29, 0.717) is 12.5 Å². The third-order valence-electron chi connectivity index (χ3n) is 3.46. The molecular weight excluding hydrogens is 214 g/mol. The molecule has 1 atom stereocenters. The van der Waals surface area contributed by atoms with Crippen LogP contribution in [0.1, 0.15) is 46.0 Å². The van der Waals surface area contributed by atoms with Crippen molar-refractivity contribution in [2.24, 2.45) is 5.73 Å². The van der Waals surface area contributed by atoms with E-state index < -0.39 is 0 Å². The van der Waals surface area contributed by atoms with E-state index in [1.165, 1.54) is 13.0 Å². The molecule has 1 saturated heterocycles. The maximum absolute atomic E-state index is 11.7. The highest BCUT2D eigenvalue weighted by molar-refractivity contribution is 5.76. The molecule has 0 radical (unpaired) electrons. The average molecular weight is 241 g/mol. The fourth-order valence-corrected chi connectivity index (χ4v) is 2.29. The number of nitrogens with one attached hydrogen (secondary N) is 1. The van der Waals surface area contributed by atoms with Gasteiger partial charge < -0.3 is 16.0 Å². The molecule has 4 heteroatoms. The normalized spacial score (nSPS) is 20.2. The smallest absolute Gasteiger partial charge is 0.221 e. The Morgan fingerprint density at radius 3 is 2.59 bits per heavy atom. The second-order valence-corrected chi connectivity index (χ2v) is 5.06.